The number of halogens is 2. The van der Waals surface area contributed by atoms with E-state index in [2.05, 4.69) is 9.98 Å². The third-order valence-electron chi connectivity index (χ3n) is 3.00. The van der Waals surface area contributed by atoms with Gasteiger partial charge in [-0.1, -0.05) is 36.4 Å². The number of para-hydroxylation sites is 1. The maximum atomic E-state index is 13.8. The van der Waals surface area contributed by atoms with E-state index in [4.69, 9.17) is 4.74 Å². The lowest BCUT2D eigenvalue weighted by atomic mass is 10.1. The van der Waals surface area contributed by atoms with E-state index in [1.165, 1.54) is 18.2 Å². The maximum Gasteiger partial charge on any atom is 0.236 e. The van der Waals surface area contributed by atoms with Crippen LogP contribution in [0.15, 0.2) is 58.5 Å². The van der Waals surface area contributed by atoms with Crippen LogP contribution in [0.25, 0.3) is 0 Å². The van der Waals surface area contributed by atoms with Crippen LogP contribution in [0.2, 0.25) is 0 Å². The SMILES string of the molecule is Fc1cccc(F)c1/N=C(/C1=NCCO1)c1ccccc1. The van der Waals surface area contributed by atoms with Crippen molar-refractivity contribution in [2.75, 3.05) is 13.2 Å². The maximum absolute atomic E-state index is 13.8. The predicted molar refractivity (Wildman–Crippen MR) is 77.3 cm³/mol. The summed E-state index contributed by atoms with van der Waals surface area (Å²) in [6, 6.07) is 12.7. The van der Waals surface area contributed by atoms with E-state index >= 15 is 0 Å². The Hall–Kier alpha value is -2.56. The zero-order valence-corrected chi connectivity index (χ0v) is 11.1. The smallest absolute Gasteiger partial charge is 0.236 e. The van der Waals surface area contributed by atoms with Gasteiger partial charge in [-0.15, -0.1) is 0 Å². The lowest BCUT2D eigenvalue weighted by Crippen LogP contribution is -2.16. The second kappa shape index (κ2) is 5.83. The summed E-state index contributed by atoms with van der Waals surface area (Å²) in [7, 11) is 0. The molecule has 0 saturated heterocycles. The van der Waals surface area contributed by atoms with Gasteiger partial charge in [-0.3, -0.25) is 0 Å². The normalized spacial score (nSPS) is 14.8. The highest BCUT2D eigenvalue weighted by Gasteiger charge is 2.19. The van der Waals surface area contributed by atoms with Crippen LogP contribution in [-0.2, 0) is 4.74 Å². The van der Waals surface area contributed by atoms with Crippen molar-refractivity contribution in [2.45, 2.75) is 0 Å². The molecule has 0 N–H and O–H groups in total. The summed E-state index contributed by atoms with van der Waals surface area (Å²) < 4.78 is 33.0. The Morgan fingerprint density at radius 2 is 1.71 bits per heavy atom. The molecule has 106 valence electrons. The average Bonchev–Trinajstić information content (AvgIpc) is 3.02. The van der Waals surface area contributed by atoms with E-state index in [1.807, 2.05) is 18.2 Å². The van der Waals surface area contributed by atoms with Crippen molar-refractivity contribution in [3.63, 3.8) is 0 Å². The molecule has 0 aromatic heterocycles. The van der Waals surface area contributed by atoms with E-state index in [0.717, 1.165) is 0 Å². The van der Waals surface area contributed by atoms with Gasteiger partial charge in [0, 0.05) is 5.56 Å². The number of benzene rings is 2. The molecule has 21 heavy (non-hydrogen) atoms. The lowest BCUT2D eigenvalue weighted by Gasteiger charge is -2.08. The van der Waals surface area contributed by atoms with Crippen LogP contribution in [0.5, 0.6) is 0 Å². The van der Waals surface area contributed by atoms with Crippen LogP contribution in [0, 0.1) is 11.6 Å². The Labute approximate surface area is 120 Å². The fourth-order valence-corrected chi connectivity index (χ4v) is 2.02. The van der Waals surface area contributed by atoms with Gasteiger partial charge in [0.05, 0.1) is 6.54 Å². The fraction of sp³-hybridized carbons (Fsp3) is 0.125. The van der Waals surface area contributed by atoms with Crippen molar-refractivity contribution in [2.24, 2.45) is 9.98 Å². The van der Waals surface area contributed by atoms with Crippen molar-refractivity contribution in [1.82, 2.24) is 0 Å². The van der Waals surface area contributed by atoms with Crippen molar-refractivity contribution in [3.05, 3.63) is 65.7 Å². The third-order valence-corrected chi connectivity index (χ3v) is 3.00. The molecule has 2 aromatic carbocycles. The minimum Gasteiger partial charge on any atom is -0.474 e. The van der Waals surface area contributed by atoms with Crippen LogP contribution >= 0.6 is 0 Å². The summed E-state index contributed by atoms with van der Waals surface area (Å²) in [6.07, 6.45) is 0. The van der Waals surface area contributed by atoms with Crippen molar-refractivity contribution >= 4 is 17.3 Å². The molecule has 1 aliphatic rings. The molecule has 3 nitrogen and oxygen atoms in total. The van der Waals surface area contributed by atoms with Gasteiger partial charge >= 0.3 is 0 Å². The number of rotatable bonds is 3. The first-order chi connectivity index (χ1) is 10.3. The van der Waals surface area contributed by atoms with E-state index in [1.54, 1.807) is 12.1 Å². The zero-order chi connectivity index (χ0) is 14.7. The third kappa shape index (κ3) is 2.81. The molecule has 1 heterocycles. The van der Waals surface area contributed by atoms with Crippen LogP contribution in [-0.4, -0.2) is 24.8 Å². The Bertz CT molecular complexity index is 691. The molecule has 0 aliphatic carbocycles. The molecule has 0 unspecified atom stereocenters. The van der Waals surface area contributed by atoms with Gasteiger partial charge in [-0.25, -0.2) is 18.8 Å². The molecular weight excluding hydrogens is 274 g/mol. The molecule has 0 bridgehead atoms. The molecule has 3 rings (SSSR count). The summed E-state index contributed by atoms with van der Waals surface area (Å²) in [6.45, 7) is 0.960. The minimum absolute atomic E-state index is 0.309. The summed E-state index contributed by atoms with van der Waals surface area (Å²) in [4.78, 5) is 8.31. The highest BCUT2D eigenvalue weighted by atomic mass is 19.1. The summed E-state index contributed by atoms with van der Waals surface area (Å²) in [5.74, 6) is -1.13. The van der Waals surface area contributed by atoms with Gasteiger partial charge in [0.1, 0.15) is 18.0 Å². The van der Waals surface area contributed by atoms with Gasteiger partial charge < -0.3 is 4.74 Å². The van der Waals surface area contributed by atoms with Gasteiger partial charge in [0.2, 0.25) is 5.90 Å². The molecule has 0 saturated carbocycles. The molecule has 5 heteroatoms. The molecular formula is C16H12F2N2O. The number of hydrogen-bond acceptors (Lipinski definition) is 3. The molecule has 0 fully saturated rings. The number of hydrogen-bond donors (Lipinski definition) is 0. The molecule has 1 aliphatic heterocycles. The second-order valence-electron chi connectivity index (χ2n) is 4.43. The highest BCUT2D eigenvalue weighted by Crippen LogP contribution is 2.23. The quantitative estimate of drug-likeness (QED) is 0.795. The van der Waals surface area contributed by atoms with Crippen LogP contribution in [0.1, 0.15) is 5.56 Å². The van der Waals surface area contributed by atoms with Crippen LogP contribution < -0.4 is 0 Å². The molecule has 0 atom stereocenters. The van der Waals surface area contributed by atoms with Gasteiger partial charge in [-0.05, 0) is 12.1 Å². The van der Waals surface area contributed by atoms with Crippen molar-refractivity contribution in [1.29, 1.82) is 0 Å². The van der Waals surface area contributed by atoms with E-state index < -0.39 is 11.6 Å². The number of aliphatic imine (C=N–C) groups is 2. The number of ether oxygens (including phenoxy) is 1. The summed E-state index contributed by atoms with van der Waals surface area (Å²) in [5, 5.41) is 0. The van der Waals surface area contributed by atoms with E-state index in [-0.39, 0.29) is 5.69 Å². The monoisotopic (exact) mass is 286 g/mol. The van der Waals surface area contributed by atoms with E-state index in [9.17, 15) is 8.78 Å². The zero-order valence-electron chi connectivity index (χ0n) is 11.1. The first kappa shape index (κ1) is 13.4. The Kier molecular flexibility index (Phi) is 3.73. The first-order valence-electron chi connectivity index (χ1n) is 6.51. The molecule has 0 amide bonds. The van der Waals surface area contributed by atoms with Gasteiger partial charge in [-0.2, -0.15) is 0 Å². The first-order valence-corrected chi connectivity index (χ1v) is 6.51. The largest absolute Gasteiger partial charge is 0.474 e. The second-order valence-corrected chi connectivity index (χ2v) is 4.43. The Morgan fingerprint density at radius 1 is 1.00 bits per heavy atom. The molecule has 0 radical (unpaired) electrons. The average molecular weight is 286 g/mol. The molecule has 0 spiro atoms. The summed E-state index contributed by atoms with van der Waals surface area (Å²) in [5.41, 5.74) is 0.687. The number of nitrogens with zero attached hydrogens (tertiary/aromatic N) is 2. The Morgan fingerprint density at radius 3 is 2.33 bits per heavy atom. The topological polar surface area (TPSA) is 34.0 Å². The summed E-state index contributed by atoms with van der Waals surface area (Å²) >= 11 is 0. The lowest BCUT2D eigenvalue weighted by molar-refractivity contribution is 0.353. The standard InChI is InChI=1S/C16H12F2N2O/c17-12-7-4-8-13(18)15(12)20-14(16-19-9-10-21-16)11-5-2-1-3-6-11/h1-8H,9-10H2/b20-14+. The van der Waals surface area contributed by atoms with Gasteiger partial charge in [0.25, 0.3) is 0 Å². The minimum atomic E-state index is -0.720. The van der Waals surface area contributed by atoms with Gasteiger partial charge in [0.15, 0.2) is 11.6 Å². The van der Waals surface area contributed by atoms with Crippen molar-refractivity contribution < 1.29 is 13.5 Å². The highest BCUT2D eigenvalue weighted by molar-refractivity contribution is 6.46. The Balaban J connectivity index is 2.13. The van der Waals surface area contributed by atoms with E-state index in [0.29, 0.717) is 30.3 Å². The van der Waals surface area contributed by atoms with Crippen molar-refractivity contribution in [3.8, 4) is 0 Å². The molecule has 2 aromatic rings. The predicted octanol–water partition coefficient (Wildman–Crippen LogP) is 3.51. The van der Waals surface area contributed by atoms with Crippen LogP contribution in [0.3, 0.4) is 0 Å². The van der Waals surface area contributed by atoms with Crippen LogP contribution in [0.4, 0.5) is 14.5 Å². The fourth-order valence-electron chi connectivity index (χ4n) is 2.02.